The molecule has 1 heterocycles. The molecule has 1 rings (SSSR count). The van der Waals surface area contributed by atoms with E-state index in [1.807, 2.05) is 6.92 Å². The first-order valence-corrected chi connectivity index (χ1v) is 7.42. The lowest BCUT2D eigenvalue weighted by Gasteiger charge is -2.14. The molecule has 4 nitrogen and oxygen atoms in total. The van der Waals surface area contributed by atoms with Crippen LogP contribution in [-0.2, 0) is 17.8 Å². The fourth-order valence-corrected chi connectivity index (χ4v) is 2.25. The fraction of sp³-hybridized carbons (Fsp3) is 0.769. The van der Waals surface area contributed by atoms with Crippen molar-refractivity contribution in [2.24, 2.45) is 0 Å². The number of hydrogen-bond donors (Lipinski definition) is 1. The second-order valence-electron chi connectivity index (χ2n) is 4.70. The zero-order chi connectivity index (χ0) is 13.4. The van der Waals surface area contributed by atoms with Crippen LogP contribution in [0, 0.1) is 0 Å². The van der Waals surface area contributed by atoms with Gasteiger partial charge >= 0.3 is 0 Å². The fourth-order valence-electron chi connectivity index (χ4n) is 1.51. The third kappa shape index (κ3) is 6.44. The second kappa shape index (κ2) is 8.58. The van der Waals surface area contributed by atoms with Gasteiger partial charge in [0.2, 0.25) is 0 Å². The van der Waals surface area contributed by atoms with E-state index >= 15 is 0 Å². The predicted octanol–water partition coefficient (Wildman–Crippen LogP) is 2.11. The van der Waals surface area contributed by atoms with Crippen LogP contribution in [0.15, 0.2) is 5.38 Å². The molecule has 0 radical (unpaired) electrons. The molecule has 0 atom stereocenters. The maximum absolute atomic E-state index is 5.34. The molecule has 0 unspecified atom stereocenters. The summed E-state index contributed by atoms with van der Waals surface area (Å²) < 4.78 is 5.34. The summed E-state index contributed by atoms with van der Waals surface area (Å²) in [4.78, 5) is 6.86. The molecule has 0 bridgehead atoms. The first-order chi connectivity index (χ1) is 8.61. The minimum Gasteiger partial charge on any atom is -0.380 e. The van der Waals surface area contributed by atoms with Crippen molar-refractivity contribution in [2.45, 2.75) is 39.9 Å². The van der Waals surface area contributed by atoms with Crippen LogP contribution in [0.25, 0.3) is 0 Å². The highest BCUT2D eigenvalue weighted by Gasteiger charge is 2.05. The van der Waals surface area contributed by atoms with Crippen LogP contribution in [-0.4, -0.2) is 42.7 Å². The minimum atomic E-state index is 0.506. The van der Waals surface area contributed by atoms with Gasteiger partial charge in [0.05, 0.1) is 12.3 Å². The number of nitrogens with zero attached hydrogens (tertiary/aromatic N) is 2. The molecule has 18 heavy (non-hydrogen) atoms. The quantitative estimate of drug-likeness (QED) is 0.698. The average Bonchev–Trinajstić information content (AvgIpc) is 2.74. The van der Waals surface area contributed by atoms with Gasteiger partial charge in [0.1, 0.15) is 5.01 Å². The van der Waals surface area contributed by atoms with Crippen LogP contribution < -0.4 is 5.32 Å². The molecule has 0 aliphatic carbocycles. The molecule has 1 aromatic heterocycles. The smallest absolute Gasteiger partial charge is 0.107 e. The average molecular weight is 271 g/mol. The van der Waals surface area contributed by atoms with E-state index in [1.54, 1.807) is 11.3 Å². The van der Waals surface area contributed by atoms with E-state index in [1.165, 1.54) is 0 Å². The van der Waals surface area contributed by atoms with Crippen molar-refractivity contribution in [3.8, 4) is 0 Å². The normalized spacial score (nSPS) is 11.7. The number of nitrogens with one attached hydrogen (secondary N) is 1. The minimum absolute atomic E-state index is 0.506. The molecular weight excluding hydrogens is 246 g/mol. The Balaban J connectivity index is 2.29. The van der Waals surface area contributed by atoms with Crippen molar-refractivity contribution in [3.63, 3.8) is 0 Å². The lowest BCUT2D eigenvalue weighted by Crippen LogP contribution is -2.23. The van der Waals surface area contributed by atoms with Crippen molar-refractivity contribution in [1.29, 1.82) is 0 Å². The number of likely N-dealkylation sites (N-methyl/N-ethyl adjacent to an activating group) is 1. The van der Waals surface area contributed by atoms with Crippen LogP contribution in [0.3, 0.4) is 0 Å². The van der Waals surface area contributed by atoms with Crippen LogP contribution in [0.2, 0.25) is 0 Å². The Morgan fingerprint density at radius 3 is 2.94 bits per heavy atom. The molecule has 1 N–H and O–H groups in total. The maximum Gasteiger partial charge on any atom is 0.107 e. The molecule has 5 heteroatoms. The van der Waals surface area contributed by atoms with E-state index in [0.29, 0.717) is 6.04 Å². The van der Waals surface area contributed by atoms with E-state index in [2.05, 4.69) is 41.5 Å². The van der Waals surface area contributed by atoms with E-state index in [4.69, 9.17) is 4.74 Å². The van der Waals surface area contributed by atoms with E-state index < -0.39 is 0 Å². The molecule has 1 aromatic rings. The van der Waals surface area contributed by atoms with Gasteiger partial charge in [0.25, 0.3) is 0 Å². The van der Waals surface area contributed by atoms with E-state index in [-0.39, 0.29) is 0 Å². The Morgan fingerprint density at radius 1 is 1.50 bits per heavy atom. The Kier molecular flexibility index (Phi) is 7.42. The summed E-state index contributed by atoms with van der Waals surface area (Å²) in [6, 6.07) is 0.506. The van der Waals surface area contributed by atoms with Gasteiger partial charge in [-0.2, -0.15) is 0 Å². The van der Waals surface area contributed by atoms with Gasteiger partial charge in [-0.05, 0) is 14.0 Å². The highest BCUT2D eigenvalue weighted by atomic mass is 32.1. The maximum atomic E-state index is 5.34. The lowest BCUT2D eigenvalue weighted by atomic mass is 10.4. The highest BCUT2D eigenvalue weighted by Crippen LogP contribution is 2.11. The Hall–Kier alpha value is -0.490. The molecule has 0 saturated carbocycles. The summed E-state index contributed by atoms with van der Waals surface area (Å²) in [6.45, 7) is 10.6. The number of thiazole rings is 1. The second-order valence-corrected chi connectivity index (χ2v) is 5.65. The zero-order valence-electron chi connectivity index (χ0n) is 11.9. The lowest BCUT2D eigenvalue weighted by molar-refractivity contribution is 0.120. The van der Waals surface area contributed by atoms with Gasteiger partial charge in [0.15, 0.2) is 0 Å². The first-order valence-electron chi connectivity index (χ1n) is 6.54. The Bertz CT molecular complexity index is 328. The summed E-state index contributed by atoms with van der Waals surface area (Å²) in [6.07, 6.45) is 0. The summed E-state index contributed by atoms with van der Waals surface area (Å²) >= 11 is 1.73. The van der Waals surface area contributed by atoms with Crippen molar-refractivity contribution in [1.82, 2.24) is 15.2 Å². The van der Waals surface area contributed by atoms with Crippen molar-refractivity contribution < 1.29 is 4.74 Å². The molecule has 0 aromatic carbocycles. The predicted molar refractivity (Wildman–Crippen MR) is 76.9 cm³/mol. The van der Waals surface area contributed by atoms with Gasteiger partial charge in [-0.1, -0.05) is 13.8 Å². The van der Waals surface area contributed by atoms with Gasteiger partial charge in [-0.3, -0.25) is 4.90 Å². The van der Waals surface area contributed by atoms with Gasteiger partial charge < -0.3 is 10.1 Å². The first kappa shape index (κ1) is 15.6. The number of rotatable bonds is 9. The number of aromatic nitrogens is 1. The molecule has 0 amide bonds. The molecular formula is C13H25N3OS. The summed E-state index contributed by atoms with van der Waals surface area (Å²) in [7, 11) is 2.10. The van der Waals surface area contributed by atoms with Crippen LogP contribution in [0.5, 0.6) is 0 Å². The zero-order valence-corrected chi connectivity index (χ0v) is 12.7. The van der Waals surface area contributed by atoms with Gasteiger partial charge in [-0.25, -0.2) is 4.98 Å². The monoisotopic (exact) mass is 271 g/mol. The highest BCUT2D eigenvalue weighted by molar-refractivity contribution is 7.09. The number of hydrogen-bond acceptors (Lipinski definition) is 5. The van der Waals surface area contributed by atoms with Crippen molar-refractivity contribution >= 4 is 11.3 Å². The van der Waals surface area contributed by atoms with Crippen molar-refractivity contribution in [3.05, 3.63) is 16.1 Å². The molecule has 104 valence electrons. The molecule has 0 aliphatic rings. The Morgan fingerprint density at radius 2 is 2.28 bits per heavy atom. The van der Waals surface area contributed by atoms with Crippen molar-refractivity contribution in [2.75, 3.05) is 26.8 Å². The molecule has 0 aliphatic heterocycles. The summed E-state index contributed by atoms with van der Waals surface area (Å²) in [5, 5.41) is 6.70. The number of ether oxygens (including phenoxy) is 1. The van der Waals surface area contributed by atoms with Gasteiger partial charge in [-0.15, -0.1) is 11.3 Å². The SMILES string of the molecule is CCOCCN(C)Cc1csc(CNC(C)C)n1. The molecule has 0 fully saturated rings. The summed E-state index contributed by atoms with van der Waals surface area (Å²) in [5.74, 6) is 0. The third-order valence-corrected chi connectivity index (χ3v) is 3.41. The summed E-state index contributed by atoms with van der Waals surface area (Å²) in [5.41, 5.74) is 1.15. The molecule has 0 spiro atoms. The van der Waals surface area contributed by atoms with Gasteiger partial charge in [0, 0.05) is 37.7 Å². The topological polar surface area (TPSA) is 37.4 Å². The standard InChI is InChI=1S/C13H25N3OS/c1-5-17-7-6-16(4)9-12-10-18-13(15-12)8-14-11(2)3/h10-11,14H,5-9H2,1-4H3. The van der Waals surface area contributed by atoms with Crippen LogP contribution in [0.4, 0.5) is 0 Å². The third-order valence-electron chi connectivity index (χ3n) is 2.51. The largest absolute Gasteiger partial charge is 0.380 e. The Labute approximate surface area is 114 Å². The molecule has 0 saturated heterocycles. The van der Waals surface area contributed by atoms with Crippen LogP contribution >= 0.6 is 11.3 Å². The van der Waals surface area contributed by atoms with E-state index in [9.17, 15) is 0 Å². The van der Waals surface area contributed by atoms with E-state index in [0.717, 1.165) is 43.5 Å². The van der Waals surface area contributed by atoms with Crippen LogP contribution in [0.1, 0.15) is 31.5 Å².